The van der Waals surface area contributed by atoms with Crippen molar-refractivity contribution in [3.05, 3.63) is 83.3 Å². The molecule has 0 aliphatic carbocycles. The molecule has 1 saturated heterocycles. The van der Waals surface area contributed by atoms with Gasteiger partial charge in [-0.05, 0) is 36.3 Å². The molecule has 0 saturated carbocycles. The first-order valence-electron chi connectivity index (χ1n) is 15.5. The highest BCUT2D eigenvalue weighted by Gasteiger charge is 2.28. The smallest absolute Gasteiger partial charge is 0.352 e. The van der Waals surface area contributed by atoms with Gasteiger partial charge >= 0.3 is 5.97 Å². The monoisotopic (exact) mass is 594 g/mol. The molecule has 2 aromatic heterocycles. The summed E-state index contributed by atoms with van der Waals surface area (Å²) in [7, 11) is 1.97. The van der Waals surface area contributed by atoms with Crippen molar-refractivity contribution in [2.45, 2.75) is 39.0 Å². The summed E-state index contributed by atoms with van der Waals surface area (Å²) in [6.07, 6.45) is 2.00. The number of aromatic nitrogens is 3. The Labute approximate surface area is 256 Å². The van der Waals surface area contributed by atoms with Gasteiger partial charge < -0.3 is 23.9 Å². The zero-order valence-electron chi connectivity index (χ0n) is 25.1. The largest absolute Gasteiger partial charge is 0.493 e. The Morgan fingerprint density at radius 1 is 0.955 bits per heavy atom. The fourth-order valence-corrected chi connectivity index (χ4v) is 6.83. The minimum absolute atomic E-state index is 0.360. The second-order valence-electron chi connectivity index (χ2n) is 11.6. The van der Waals surface area contributed by atoms with Gasteiger partial charge in [0.15, 0.2) is 0 Å². The summed E-state index contributed by atoms with van der Waals surface area (Å²) in [6, 6.07) is 20.5. The van der Waals surface area contributed by atoms with E-state index >= 15 is 0 Å². The first kappa shape index (κ1) is 28.6. The van der Waals surface area contributed by atoms with E-state index < -0.39 is 5.97 Å². The number of fused-ring (bicyclic) bond motifs is 3. The average Bonchev–Trinajstić information content (AvgIpc) is 3.53. The van der Waals surface area contributed by atoms with Gasteiger partial charge in [-0.15, -0.1) is 0 Å². The van der Waals surface area contributed by atoms with Crippen LogP contribution in [0.5, 0.6) is 5.75 Å². The van der Waals surface area contributed by atoms with E-state index in [0.29, 0.717) is 64.7 Å². The SMILES string of the molecule is Cn1nc(CN2CCOCC2)c2c1COCCCn1c(C(=O)O)c(CCCOc3cccc4ccccc34)c3cccc-2c31. The fraction of sp³-hybridized carbons (Fsp3) is 0.371. The van der Waals surface area contributed by atoms with Crippen LogP contribution in [-0.2, 0) is 42.6 Å². The van der Waals surface area contributed by atoms with E-state index in [1.54, 1.807) is 0 Å². The maximum absolute atomic E-state index is 12.9. The maximum Gasteiger partial charge on any atom is 0.352 e. The average molecular weight is 595 g/mol. The lowest BCUT2D eigenvalue weighted by atomic mass is 9.97. The summed E-state index contributed by atoms with van der Waals surface area (Å²) in [5.74, 6) is -0.0587. The maximum atomic E-state index is 12.9. The summed E-state index contributed by atoms with van der Waals surface area (Å²) in [5.41, 5.74) is 6.24. The highest BCUT2D eigenvalue weighted by molar-refractivity contribution is 6.04. The first-order chi connectivity index (χ1) is 21.6. The van der Waals surface area contributed by atoms with Gasteiger partial charge in [0.2, 0.25) is 0 Å². The van der Waals surface area contributed by atoms with Crippen LogP contribution < -0.4 is 4.74 Å². The molecule has 3 aromatic carbocycles. The van der Waals surface area contributed by atoms with Crippen LogP contribution in [0.4, 0.5) is 0 Å². The topological polar surface area (TPSA) is 91.0 Å². The van der Waals surface area contributed by atoms with Crippen LogP contribution in [0.2, 0.25) is 0 Å². The van der Waals surface area contributed by atoms with Crippen LogP contribution in [0.1, 0.15) is 40.3 Å². The van der Waals surface area contributed by atoms with E-state index in [-0.39, 0.29) is 0 Å². The summed E-state index contributed by atoms with van der Waals surface area (Å²) >= 11 is 0. The number of carbonyl (C=O) groups is 1. The van der Waals surface area contributed by atoms with Crippen LogP contribution >= 0.6 is 0 Å². The molecule has 0 spiro atoms. The van der Waals surface area contributed by atoms with Crippen LogP contribution in [0.3, 0.4) is 0 Å². The Morgan fingerprint density at radius 3 is 2.61 bits per heavy atom. The molecule has 228 valence electrons. The van der Waals surface area contributed by atoms with Gasteiger partial charge in [0.25, 0.3) is 0 Å². The Balaban J connectivity index is 1.27. The predicted molar refractivity (Wildman–Crippen MR) is 169 cm³/mol. The molecule has 0 amide bonds. The number of nitrogens with zero attached hydrogens (tertiary/aromatic N) is 4. The third-order valence-corrected chi connectivity index (χ3v) is 8.86. The number of ether oxygens (including phenoxy) is 3. The molecule has 0 atom stereocenters. The van der Waals surface area contributed by atoms with Crippen molar-refractivity contribution in [2.24, 2.45) is 7.05 Å². The lowest BCUT2D eigenvalue weighted by molar-refractivity contribution is 0.0336. The zero-order valence-corrected chi connectivity index (χ0v) is 25.1. The molecule has 1 N–H and O–H groups in total. The summed E-state index contributed by atoms with van der Waals surface area (Å²) < 4.78 is 21.9. The molecule has 0 radical (unpaired) electrons. The van der Waals surface area contributed by atoms with Gasteiger partial charge in [0.1, 0.15) is 11.4 Å². The standard InChI is InChI=1S/C35H38N4O5/c1-37-30-23-43-18-7-15-39-33-26(11-5-12-28(33)32(30)29(36-37)22-38-16-20-42-21-17-38)27(34(39)35(40)41)13-6-19-44-31-14-4-9-24-8-2-3-10-25(24)31/h2-5,8-12,14H,6-7,13,15-23H2,1H3,(H,40,41). The molecule has 7 rings (SSSR count). The lowest BCUT2D eigenvalue weighted by Crippen LogP contribution is -2.35. The summed E-state index contributed by atoms with van der Waals surface area (Å²) in [6.45, 7) is 5.90. The van der Waals surface area contributed by atoms with Gasteiger partial charge in [0, 0.05) is 61.7 Å². The Morgan fingerprint density at radius 2 is 1.75 bits per heavy atom. The molecule has 1 fully saturated rings. The quantitative estimate of drug-likeness (QED) is 0.232. The fourth-order valence-electron chi connectivity index (χ4n) is 6.83. The van der Waals surface area contributed by atoms with E-state index in [1.165, 1.54) is 0 Å². The molecule has 9 heteroatoms. The molecule has 2 aliphatic heterocycles. The first-order valence-corrected chi connectivity index (χ1v) is 15.5. The van der Waals surface area contributed by atoms with Crippen molar-refractivity contribution < 1.29 is 24.1 Å². The molecule has 9 nitrogen and oxygen atoms in total. The van der Waals surface area contributed by atoms with Gasteiger partial charge in [0.05, 0.1) is 43.3 Å². The van der Waals surface area contributed by atoms with Crippen molar-refractivity contribution in [3.8, 4) is 16.9 Å². The van der Waals surface area contributed by atoms with E-state index in [0.717, 1.165) is 75.0 Å². The number of para-hydroxylation sites is 1. The Bertz CT molecular complexity index is 1810. The van der Waals surface area contributed by atoms with Gasteiger partial charge in [-0.1, -0.05) is 54.6 Å². The van der Waals surface area contributed by atoms with Crippen LogP contribution in [-0.4, -0.2) is 69.8 Å². The normalized spacial score (nSPS) is 15.8. The van der Waals surface area contributed by atoms with Crippen LogP contribution in [0.15, 0.2) is 60.7 Å². The third kappa shape index (κ3) is 5.36. The van der Waals surface area contributed by atoms with Crippen molar-refractivity contribution in [1.29, 1.82) is 0 Å². The molecule has 0 unspecified atom stereocenters. The number of morpholine rings is 1. The highest BCUT2D eigenvalue weighted by atomic mass is 16.5. The molecule has 0 bridgehead atoms. The van der Waals surface area contributed by atoms with Crippen molar-refractivity contribution in [2.75, 3.05) is 39.5 Å². The van der Waals surface area contributed by atoms with Crippen molar-refractivity contribution >= 4 is 27.6 Å². The van der Waals surface area contributed by atoms with Crippen LogP contribution in [0, 0.1) is 0 Å². The van der Waals surface area contributed by atoms with E-state index in [4.69, 9.17) is 19.3 Å². The third-order valence-electron chi connectivity index (χ3n) is 8.86. The van der Waals surface area contributed by atoms with E-state index in [9.17, 15) is 9.90 Å². The predicted octanol–water partition coefficient (Wildman–Crippen LogP) is 5.66. The Hall–Kier alpha value is -4.18. The molecule has 2 aliphatic rings. The second-order valence-corrected chi connectivity index (χ2v) is 11.6. The number of aromatic carboxylic acids is 1. The summed E-state index contributed by atoms with van der Waals surface area (Å²) in [5, 5.41) is 18.8. The molecule has 5 aromatic rings. The zero-order chi connectivity index (χ0) is 30.0. The van der Waals surface area contributed by atoms with E-state index in [1.807, 2.05) is 46.6 Å². The second kappa shape index (κ2) is 12.4. The minimum atomic E-state index is -0.907. The number of carboxylic acids is 1. The van der Waals surface area contributed by atoms with Gasteiger partial charge in [-0.3, -0.25) is 9.58 Å². The minimum Gasteiger partial charge on any atom is -0.493 e. The number of hydrogen-bond donors (Lipinski definition) is 1. The Kier molecular flexibility index (Phi) is 8.08. The number of hydrogen-bond acceptors (Lipinski definition) is 6. The van der Waals surface area contributed by atoms with Gasteiger partial charge in [-0.2, -0.15) is 5.10 Å². The number of rotatable bonds is 8. The van der Waals surface area contributed by atoms with E-state index in [2.05, 4.69) is 35.2 Å². The number of carboxylic acid groups (broad SMARTS) is 1. The van der Waals surface area contributed by atoms with Crippen molar-refractivity contribution in [1.82, 2.24) is 19.2 Å². The molecule has 4 heterocycles. The highest BCUT2D eigenvalue weighted by Crippen LogP contribution is 2.39. The molecular formula is C35H38N4O5. The van der Waals surface area contributed by atoms with Crippen LogP contribution in [0.25, 0.3) is 32.8 Å². The number of aryl methyl sites for hydroxylation is 3. The van der Waals surface area contributed by atoms with Crippen molar-refractivity contribution in [3.63, 3.8) is 0 Å². The van der Waals surface area contributed by atoms with Gasteiger partial charge in [-0.25, -0.2) is 4.79 Å². The lowest BCUT2D eigenvalue weighted by Gasteiger charge is -2.26. The summed E-state index contributed by atoms with van der Waals surface area (Å²) in [4.78, 5) is 15.3. The number of benzene rings is 3. The molecular weight excluding hydrogens is 556 g/mol. The molecule has 44 heavy (non-hydrogen) atoms.